The van der Waals surface area contributed by atoms with Crippen molar-refractivity contribution in [2.24, 2.45) is 11.8 Å². The number of non-ortho nitro benzene ring substituents is 1. The standard InChI is InChI=1S/C29H23N5O6/c1-40-23-11-10-16(34(38)39)13-22(23)33-26(35)24-21(12-15-14-30-19-8-4-2-6-17(15)19)32-29(25(24)27(33)36)18-7-3-5-9-20(18)31-28(29)37/h2-11,13-14,21,24-25,30,32H,12H2,1H3,(H,31,37)/t21-,24+,25-,29+/m1/s1. The van der Waals surface area contributed by atoms with Crippen LogP contribution in [-0.4, -0.2) is 40.8 Å². The summed E-state index contributed by atoms with van der Waals surface area (Å²) in [5.74, 6) is -3.43. The average Bonchev–Trinajstić information content (AvgIpc) is 3.67. The number of hydrogen-bond donors (Lipinski definition) is 3. The van der Waals surface area contributed by atoms with Gasteiger partial charge in [-0.25, -0.2) is 4.90 Å². The number of amides is 3. The fourth-order valence-corrected chi connectivity index (χ4v) is 6.67. The summed E-state index contributed by atoms with van der Waals surface area (Å²) in [5.41, 5.74) is 1.22. The minimum absolute atomic E-state index is 0.0196. The van der Waals surface area contributed by atoms with Gasteiger partial charge in [0.05, 0.1) is 23.9 Å². The highest BCUT2D eigenvalue weighted by Gasteiger charge is 2.70. The van der Waals surface area contributed by atoms with E-state index < -0.39 is 46.1 Å². The highest BCUT2D eigenvalue weighted by atomic mass is 16.6. The maximum atomic E-state index is 14.3. The zero-order valence-corrected chi connectivity index (χ0v) is 21.2. The Bertz CT molecular complexity index is 1760. The van der Waals surface area contributed by atoms with Crippen LogP contribution in [-0.2, 0) is 26.3 Å². The maximum Gasteiger partial charge on any atom is 0.271 e. The molecule has 3 amide bonds. The van der Waals surface area contributed by atoms with Crippen LogP contribution in [0.4, 0.5) is 17.1 Å². The van der Waals surface area contributed by atoms with Gasteiger partial charge in [0.25, 0.3) is 5.69 Å². The minimum Gasteiger partial charge on any atom is -0.495 e. The second-order valence-electron chi connectivity index (χ2n) is 10.3. The fourth-order valence-electron chi connectivity index (χ4n) is 6.67. The van der Waals surface area contributed by atoms with Gasteiger partial charge in [-0.1, -0.05) is 36.4 Å². The topological polar surface area (TPSA) is 147 Å². The average molecular weight is 538 g/mol. The zero-order valence-electron chi connectivity index (χ0n) is 21.2. The van der Waals surface area contributed by atoms with Crippen molar-refractivity contribution in [3.05, 3.63) is 94.2 Å². The monoisotopic (exact) mass is 537 g/mol. The molecule has 11 heteroatoms. The number of anilines is 2. The highest BCUT2D eigenvalue weighted by Crippen LogP contribution is 2.54. The first-order valence-corrected chi connectivity index (χ1v) is 12.8. The first kappa shape index (κ1) is 24.0. The molecule has 0 aliphatic carbocycles. The number of fused-ring (bicyclic) bond motifs is 5. The Kier molecular flexibility index (Phi) is 5.10. The molecule has 3 N–H and O–H groups in total. The number of H-pyrrole nitrogens is 1. The molecular weight excluding hydrogens is 514 g/mol. The Morgan fingerprint density at radius 1 is 1.02 bits per heavy atom. The number of imide groups is 1. The largest absolute Gasteiger partial charge is 0.495 e. The number of hydrogen-bond acceptors (Lipinski definition) is 7. The molecule has 7 rings (SSSR count). The number of aromatic nitrogens is 1. The van der Waals surface area contributed by atoms with Crippen LogP contribution in [0.3, 0.4) is 0 Å². The molecule has 3 aliphatic rings. The van der Waals surface area contributed by atoms with Crippen LogP contribution in [0.25, 0.3) is 10.9 Å². The van der Waals surface area contributed by atoms with Crippen LogP contribution in [0.15, 0.2) is 72.9 Å². The number of methoxy groups -OCH3 is 1. The molecule has 3 aliphatic heterocycles. The number of nitrogens with zero attached hydrogens (tertiary/aromatic N) is 2. The number of rotatable bonds is 5. The summed E-state index contributed by atoms with van der Waals surface area (Å²) >= 11 is 0. The Balaban J connectivity index is 1.39. The molecule has 2 fully saturated rings. The summed E-state index contributed by atoms with van der Waals surface area (Å²) < 4.78 is 5.40. The molecule has 2 saturated heterocycles. The molecule has 0 radical (unpaired) electrons. The lowest BCUT2D eigenvalue weighted by Crippen LogP contribution is -2.53. The van der Waals surface area contributed by atoms with Gasteiger partial charge >= 0.3 is 0 Å². The van der Waals surface area contributed by atoms with Crippen molar-refractivity contribution < 1.29 is 24.0 Å². The number of para-hydroxylation sites is 2. The molecule has 1 spiro atoms. The molecule has 11 nitrogen and oxygen atoms in total. The van der Waals surface area contributed by atoms with Gasteiger partial charge in [-0.15, -0.1) is 0 Å². The van der Waals surface area contributed by atoms with E-state index in [1.165, 1.54) is 19.2 Å². The SMILES string of the molecule is COc1ccc([N+](=O)[O-])cc1N1C(=O)[C@H]2[C@@H](Cc3c[nH]c4ccccc34)N[C@]3(C(=O)Nc4ccccc43)[C@H]2C1=O. The van der Waals surface area contributed by atoms with Crippen molar-refractivity contribution in [2.75, 3.05) is 17.3 Å². The van der Waals surface area contributed by atoms with E-state index in [0.29, 0.717) is 17.7 Å². The van der Waals surface area contributed by atoms with E-state index in [9.17, 15) is 24.5 Å². The molecule has 1 aromatic heterocycles. The van der Waals surface area contributed by atoms with Gasteiger partial charge in [-0.2, -0.15) is 0 Å². The summed E-state index contributed by atoms with van der Waals surface area (Å²) in [7, 11) is 1.36. The van der Waals surface area contributed by atoms with Gasteiger partial charge in [0.2, 0.25) is 17.7 Å². The quantitative estimate of drug-likeness (QED) is 0.201. The van der Waals surface area contributed by atoms with E-state index in [4.69, 9.17) is 4.74 Å². The van der Waals surface area contributed by atoms with E-state index >= 15 is 0 Å². The molecule has 4 aromatic rings. The van der Waals surface area contributed by atoms with E-state index in [0.717, 1.165) is 27.4 Å². The van der Waals surface area contributed by atoms with Crippen molar-refractivity contribution in [3.63, 3.8) is 0 Å². The lowest BCUT2D eigenvalue weighted by molar-refractivity contribution is -0.384. The second-order valence-corrected chi connectivity index (χ2v) is 10.3. The number of ether oxygens (including phenoxy) is 1. The Labute approximate surface area is 227 Å². The molecule has 4 atom stereocenters. The number of nitrogens with one attached hydrogen (secondary N) is 3. The third kappa shape index (κ3) is 3.12. The molecule has 40 heavy (non-hydrogen) atoms. The maximum absolute atomic E-state index is 14.3. The number of carbonyl (C=O) groups is 3. The van der Waals surface area contributed by atoms with Gasteiger partial charge in [-0.05, 0) is 30.2 Å². The number of nitro groups is 1. The van der Waals surface area contributed by atoms with Crippen molar-refractivity contribution >= 4 is 45.7 Å². The zero-order chi connectivity index (χ0) is 27.8. The van der Waals surface area contributed by atoms with Gasteiger partial charge < -0.3 is 15.0 Å². The first-order chi connectivity index (χ1) is 19.3. The van der Waals surface area contributed by atoms with E-state index in [2.05, 4.69) is 15.6 Å². The van der Waals surface area contributed by atoms with Crippen molar-refractivity contribution in [2.45, 2.75) is 18.0 Å². The predicted molar refractivity (Wildman–Crippen MR) is 145 cm³/mol. The number of nitro benzene ring substituents is 1. The van der Waals surface area contributed by atoms with E-state index in [1.807, 2.05) is 30.5 Å². The fraction of sp³-hybridized carbons (Fsp3) is 0.207. The van der Waals surface area contributed by atoms with E-state index in [1.54, 1.807) is 24.3 Å². The van der Waals surface area contributed by atoms with Gasteiger partial charge in [-0.3, -0.25) is 29.8 Å². The number of carbonyl (C=O) groups excluding carboxylic acids is 3. The molecular formula is C29H23N5O6. The molecule has 0 unspecified atom stereocenters. The van der Waals surface area contributed by atoms with Crippen LogP contribution < -0.4 is 20.3 Å². The van der Waals surface area contributed by atoms with Gasteiger partial charge in [0, 0.05) is 46.5 Å². The van der Waals surface area contributed by atoms with E-state index in [-0.39, 0.29) is 17.1 Å². The molecule has 4 heterocycles. The van der Waals surface area contributed by atoms with Crippen LogP contribution in [0.1, 0.15) is 11.1 Å². The van der Waals surface area contributed by atoms with Crippen LogP contribution >= 0.6 is 0 Å². The van der Waals surface area contributed by atoms with Crippen LogP contribution in [0, 0.1) is 22.0 Å². The van der Waals surface area contributed by atoms with Gasteiger partial charge in [0.1, 0.15) is 17.0 Å². The summed E-state index contributed by atoms with van der Waals surface area (Å²) in [6.45, 7) is 0. The second kappa shape index (κ2) is 8.48. The van der Waals surface area contributed by atoms with Crippen LogP contribution in [0.2, 0.25) is 0 Å². The highest BCUT2D eigenvalue weighted by molar-refractivity contribution is 6.26. The lowest BCUT2D eigenvalue weighted by atomic mass is 9.76. The van der Waals surface area contributed by atoms with Crippen LogP contribution in [0.5, 0.6) is 5.75 Å². The summed E-state index contributed by atoms with van der Waals surface area (Å²) in [4.78, 5) is 57.4. The smallest absolute Gasteiger partial charge is 0.271 e. The molecule has 3 aromatic carbocycles. The van der Waals surface area contributed by atoms with Crippen molar-refractivity contribution in [3.8, 4) is 5.75 Å². The Morgan fingerprint density at radius 3 is 2.60 bits per heavy atom. The summed E-state index contributed by atoms with van der Waals surface area (Å²) in [5, 5.41) is 18.9. The third-order valence-electron chi connectivity index (χ3n) is 8.35. The van der Waals surface area contributed by atoms with Crippen molar-refractivity contribution in [1.29, 1.82) is 0 Å². The Hall–Kier alpha value is -5.03. The summed E-state index contributed by atoms with van der Waals surface area (Å²) in [6, 6.07) is 18.1. The lowest BCUT2D eigenvalue weighted by Gasteiger charge is -2.29. The minimum atomic E-state index is -1.49. The molecule has 200 valence electrons. The third-order valence-corrected chi connectivity index (χ3v) is 8.35. The molecule has 0 saturated carbocycles. The molecule has 0 bridgehead atoms. The number of benzene rings is 3. The van der Waals surface area contributed by atoms with Gasteiger partial charge in [0.15, 0.2) is 0 Å². The first-order valence-electron chi connectivity index (χ1n) is 12.8. The van der Waals surface area contributed by atoms with Crippen molar-refractivity contribution in [1.82, 2.24) is 10.3 Å². The summed E-state index contributed by atoms with van der Waals surface area (Å²) in [6.07, 6.45) is 2.24. The normalized spacial score (nSPS) is 25.0. The Morgan fingerprint density at radius 2 is 1.80 bits per heavy atom. The number of aromatic amines is 1. The predicted octanol–water partition coefficient (Wildman–Crippen LogP) is 3.25.